The van der Waals surface area contributed by atoms with Gasteiger partial charge >= 0.3 is 5.97 Å². The van der Waals surface area contributed by atoms with Crippen molar-refractivity contribution in [1.29, 1.82) is 0 Å². The molecule has 0 radical (unpaired) electrons. The van der Waals surface area contributed by atoms with Gasteiger partial charge in [-0.1, -0.05) is 17.7 Å². The number of carboxylic acids is 1. The number of nitrogens with zero attached hydrogens (tertiary/aromatic N) is 1. The lowest BCUT2D eigenvalue weighted by Crippen LogP contribution is -2.50. The third-order valence-corrected chi connectivity index (χ3v) is 2.79. The van der Waals surface area contributed by atoms with Gasteiger partial charge in [0.25, 0.3) is 5.91 Å². The van der Waals surface area contributed by atoms with Gasteiger partial charge in [-0.25, -0.2) is 0 Å². The Morgan fingerprint density at radius 2 is 1.75 bits per heavy atom. The Hall–Kier alpha value is -2.04. The molecular formula is C15H21NO4. The number of aryl methyl sites for hydroxylation is 1. The molecule has 0 aliphatic rings. The molecular weight excluding hydrogens is 258 g/mol. The Bertz CT molecular complexity index is 474. The summed E-state index contributed by atoms with van der Waals surface area (Å²) >= 11 is 0. The number of ether oxygens (including phenoxy) is 1. The summed E-state index contributed by atoms with van der Waals surface area (Å²) in [7, 11) is 0. The minimum atomic E-state index is -1.04. The average Bonchev–Trinajstić information content (AvgIpc) is 2.33. The van der Waals surface area contributed by atoms with Crippen LogP contribution in [-0.4, -0.2) is 40.6 Å². The minimum absolute atomic E-state index is 0.173. The van der Waals surface area contributed by atoms with E-state index in [2.05, 4.69) is 0 Å². The second kappa shape index (κ2) is 6.41. The molecule has 0 aliphatic heterocycles. The van der Waals surface area contributed by atoms with Crippen molar-refractivity contribution in [3.63, 3.8) is 0 Å². The Kier molecular flexibility index (Phi) is 5.13. The van der Waals surface area contributed by atoms with Crippen LogP contribution in [-0.2, 0) is 9.59 Å². The molecule has 1 rings (SSSR count). The number of aliphatic carboxylic acids is 1. The van der Waals surface area contributed by atoms with E-state index in [-0.39, 0.29) is 19.1 Å². The summed E-state index contributed by atoms with van der Waals surface area (Å²) in [6, 6.07) is 7.33. The minimum Gasteiger partial charge on any atom is -0.484 e. The maximum atomic E-state index is 12.1. The average molecular weight is 279 g/mol. The van der Waals surface area contributed by atoms with Crippen molar-refractivity contribution < 1.29 is 19.4 Å². The van der Waals surface area contributed by atoms with E-state index in [9.17, 15) is 9.59 Å². The zero-order valence-electron chi connectivity index (χ0n) is 12.3. The van der Waals surface area contributed by atoms with Crippen LogP contribution in [0.25, 0.3) is 0 Å². The topological polar surface area (TPSA) is 66.8 Å². The van der Waals surface area contributed by atoms with Crippen molar-refractivity contribution in [2.45, 2.75) is 33.2 Å². The van der Waals surface area contributed by atoms with Crippen molar-refractivity contribution in [3.05, 3.63) is 29.8 Å². The molecule has 0 unspecified atom stereocenters. The van der Waals surface area contributed by atoms with E-state index in [1.165, 1.54) is 4.90 Å². The van der Waals surface area contributed by atoms with Crippen molar-refractivity contribution in [3.8, 4) is 5.75 Å². The highest BCUT2D eigenvalue weighted by Gasteiger charge is 2.28. The first-order valence-corrected chi connectivity index (χ1v) is 6.42. The van der Waals surface area contributed by atoms with Crippen LogP contribution in [0.3, 0.4) is 0 Å². The Balaban J connectivity index is 2.67. The fourth-order valence-corrected chi connectivity index (χ4v) is 1.69. The summed E-state index contributed by atoms with van der Waals surface area (Å²) in [4.78, 5) is 24.2. The zero-order chi connectivity index (χ0) is 15.3. The van der Waals surface area contributed by atoms with E-state index in [0.717, 1.165) is 5.56 Å². The lowest BCUT2D eigenvalue weighted by atomic mass is 10.1. The zero-order valence-corrected chi connectivity index (χ0v) is 12.3. The van der Waals surface area contributed by atoms with Gasteiger partial charge in [0.2, 0.25) is 0 Å². The first-order valence-electron chi connectivity index (χ1n) is 6.42. The maximum Gasteiger partial charge on any atom is 0.323 e. The monoisotopic (exact) mass is 279 g/mol. The van der Waals surface area contributed by atoms with E-state index >= 15 is 0 Å². The first kappa shape index (κ1) is 16.0. The van der Waals surface area contributed by atoms with Crippen molar-refractivity contribution in [1.82, 2.24) is 4.90 Å². The fourth-order valence-electron chi connectivity index (χ4n) is 1.69. The molecule has 1 aromatic carbocycles. The highest BCUT2D eigenvalue weighted by molar-refractivity contribution is 5.83. The van der Waals surface area contributed by atoms with Crippen LogP contribution in [0, 0.1) is 6.92 Å². The number of benzene rings is 1. The summed E-state index contributed by atoms with van der Waals surface area (Å²) in [5, 5.41) is 8.88. The van der Waals surface area contributed by atoms with Gasteiger partial charge in [0, 0.05) is 5.54 Å². The van der Waals surface area contributed by atoms with Crippen LogP contribution in [0.2, 0.25) is 0 Å². The highest BCUT2D eigenvalue weighted by Crippen LogP contribution is 2.15. The molecule has 5 nitrogen and oxygen atoms in total. The van der Waals surface area contributed by atoms with Gasteiger partial charge in [-0.3, -0.25) is 9.59 Å². The molecule has 0 atom stereocenters. The number of carboxylic acid groups (broad SMARTS) is 1. The molecule has 1 N–H and O–H groups in total. The number of amides is 1. The smallest absolute Gasteiger partial charge is 0.323 e. The summed E-state index contributed by atoms with van der Waals surface area (Å²) in [6.07, 6.45) is 0. The molecule has 0 saturated carbocycles. The lowest BCUT2D eigenvalue weighted by molar-refractivity contribution is -0.149. The standard InChI is InChI=1S/C15H21NO4/c1-11-5-7-12(8-6-11)20-10-13(17)16(9-14(18)19)15(2,3)4/h5-8H,9-10H2,1-4H3,(H,18,19). The summed E-state index contributed by atoms with van der Waals surface area (Å²) in [5.74, 6) is -0.794. The Labute approximate surface area is 119 Å². The van der Waals surface area contributed by atoms with Crippen molar-refractivity contribution in [2.75, 3.05) is 13.2 Å². The van der Waals surface area contributed by atoms with Crippen molar-refractivity contribution >= 4 is 11.9 Å². The number of hydrogen-bond donors (Lipinski definition) is 1. The van der Waals surface area contributed by atoms with Gasteiger partial charge < -0.3 is 14.7 Å². The van der Waals surface area contributed by atoms with Gasteiger partial charge in [0.15, 0.2) is 6.61 Å². The second-order valence-corrected chi connectivity index (χ2v) is 5.65. The number of rotatable bonds is 5. The molecule has 0 spiro atoms. The summed E-state index contributed by atoms with van der Waals surface area (Å²) < 4.78 is 5.40. The first-order chi connectivity index (χ1) is 9.20. The number of carbonyl (C=O) groups is 2. The molecule has 0 fully saturated rings. The molecule has 1 amide bonds. The normalized spacial score (nSPS) is 11.0. The van der Waals surface area contributed by atoms with Crippen LogP contribution < -0.4 is 4.74 Å². The largest absolute Gasteiger partial charge is 0.484 e. The van der Waals surface area contributed by atoms with E-state index in [4.69, 9.17) is 9.84 Å². The fraction of sp³-hybridized carbons (Fsp3) is 0.467. The van der Waals surface area contributed by atoms with E-state index in [1.807, 2.05) is 19.1 Å². The molecule has 0 aromatic heterocycles. The van der Waals surface area contributed by atoms with Crippen LogP contribution in [0.15, 0.2) is 24.3 Å². The molecule has 20 heavy (non-hydrogen) atoms. The lowest BCUT2D eigenvalue weighted by Gasteiger charge is -2.34. The maximum absolute atomic E-state index is 12.1. The highest BCUT2D eigenvalue weighted by atomic mass is 16.5. The van der Waals surface area contributed by atoms with Gasteiger partial charge in [0.1, 0.15) is 12.3 Å². The molecule has 1 aromatic rings. The second-order valence-electron chi connectivity index (χ2n) is 5.65. The molecule has 0 bridgehead atoms. The van der Waals surface area contributed by atoms with Gasteiger partial charge in [0.05, 0.1) is 0 Å². The third-order valence-electron chi connectivity index (χ3n) is 2.79. The van der Waals surface area contributed by atoms with Gasteiger partial charge in [-0.2, -0.15) is 0 Å². The van der Waals surface area contributed by atoms with Crippen LogP contribution in [0.4, 0.5) is 0 Å². The number of carbonyl (C=O) groups excluding carboxylic acids is 1. The SMILES string of the molecule is Cc1ccc(OCC(=O)N(CC(=O)O)C(C)(C)C)cc1. The van der Waals surface area contributed by atoms with Crippen molar-refractivity contribution in [2.24, 2.45) is 0 Å². The molecule has 0 heterocycles. The predicted octanol–water partition coefficient (Wildman–Crippen LogP) is 2.09. The van der Waals surface area contributed by atoms with E-state index < -0.39 is 11.5 Å². The predicted molar refractivity (Wildman–Crippen MR) is 75.8 cm³/mol. The quantitative estimate of drug-likeness (QED) is 0.896. The van der Waals surface area contributed by atoms with Crippen LogP contribution >= 0.6 is 0 Å². The molecule has 5 heteroatoms. The summed E-state index contributed by atoms with van der Waals surface area (Å²) in [6.45, 7) is 6.83. The van der Waals surface area contributed by atoms with Gasteiger partial charge in [-0.15, -0.1) is 0 Å². The molecule has 0 aliphatic carbocycles. The number of hydrogen-bond acceptors (Lipinski definition) is 3. The summed E-state index contributed by atoms with van der Waals surface area (Å²) in [5.41, 5.74) is 0.539. The molecule has 0 saturated heterocycles. The van der Waals surface area contributed by atoms with E-state index in [1.54, 1.807) is 32.9 Å². The Morgan fingerprint density at radius 1 is 1.20 bits per heavy atom. The Morgan fingerprint density at radius 3 is 2.20 bits per heavy atom. The molecule has 110 valence electrons. The van der Waals surface area contributed by atoms with Gasteiger partial charge in [-0.05, 0) is 39.8 Å². The van der Waals surface area contributed by atoms with E-state index in [0.29, 0.717) is 5.75 Å². The van der Waals surface area contributed by atoms with Crippen LogP contribution in [0.1, 0.15) is 26.3 Å². The third kappa shape index (κ3) is 4.91. The van der Waals surface area contributed by atoms with Crippen LogP contribution in [0.5, 0.6) is 5.75 Å².